The second kappa shape index (κ2) is 47.1. The number of likely N-dealkylation sites (N-methyl/N-ethyl adjacent to an activating group) is 1. The van der Waals surface area contributed by atoms with E-state index in [2.05, 4.69) is 13.8 Å². The second-order valence-corrected chi connectivity index (χ2v) is 21.8. The summed E-state index contributed by atoms with van der Waals surface area (Å²) in [5.41, 5.74) is 0. The van der Waals surface area contributed by atoms with Crippen molar-refractivity contribution in [1.29, 1.82) is 0 Å². The van der Waals surface area contributed by atoms with E-state index in [-0.39, 0.29) is 25.6 Å². The van der Waals surface area contributed by atoms with E-state index in [0.29, 0.717) is 17.4 Å². The van der Waals surface area contributed by atoms with Crippen molar-refractivity contribution in [3.05, 3.63) is 0 Å². The Morgan fingerprint density at radius 1 is 0.422 bits per heavy atom. The molecule has 9 nitrogen and oxygen atoms in total. The summed E-state index contributed by atoms with van der Waals surface area (Å²) in [6.07, 6.45) is 51.7. The van der Waals surface area contributed by atoms with Crippen molar-refractivity contribution < 1.29 is 42.1 Å². The van der Waals surface area contributed by atoms with Gasteiger partial charge in [0.2, 0.25) is 0 Å². The van der Waals surface area contributed by atoms with Gasteiger partial charge in [0.25, 0.3) is 0 Å². The normalized spacial score (nSPS) is 13.3. The summed E-state index contributed by atoms with van der Waals surface area (Å²) >= 11 is 0. The van der Waals surface area contributed by atoms with Crippen molar-refractivity contribution in [2.24, 2.45) is 0 Å². The first kappa shape index (κ1) is 63.0. The minimum atomic E-state index is -4.37. The first-order valence-corrected chi connectivity index (χ1v) is 29.3. The van der Waals surface area contributed by atoms with Crippen LogP contribution in [0, 0.1) is 0 Å². The van der Waals surface area contributed by atoms with Crippen LogP contribution < -0.4 is 0 Å². The SMILES string of the molecule is CCCCCCCCCCCCCCCCCCCCCCCCCCCCC(=O)OC(COC(=O)CCCCCCCCCCCCCCCC)COP(=O)(O)OCC[N+](C)(C)C. The smallest absolute Gasteiger partial charge is 0.462 e. The monoisotopic (exact) mass is 931 g/mol. The minimum absolute atomic E-state index is 0.0372. The van der Waals surface area contributed by atoms with Crippen LogP contribution in [0.1, 0.15) is 284 Å². The highest BCUT2D eigenvalue weighted by Gasteiger charge is 2.27. The van der Waals surface area contributed by atoms with E-state index in [1.165, 1.54) is 218 Å². The van der Waals surface area contributed by atoms with Crippen molar-refractivity contribution in [2.75, 3.05) is 47.5 Å². The van der Waals surface area contributed by atoms with Gasteiger partial charge in [-0.1, -0.05) is 258 Å². The van der Waals surface area contributed by atoms with Crippen LogP contribution in [0.15, 0.2) is 0 Å². The number of quaternary nitrogens is 1. The lowest BCUT2D eigenvalue weighted by Crippen LogP contribution is -2.37. The maximum Gasteiger partial charge on any atom is 0.472 e. The molecule has 382 valence electrons. The molecular formula is C54H109NO8P+. The largest absolute Gasteiger partial charge is 0.472 e. The molecule has 0 rings (SSSR count). The van der Waals surface area contributed by atoms with Gasteiger partial charge in [0.1, 0.15) is 19.8 Å². The summed E-state index contributed by atoms with van der Waals surface area (Å²) < 4.78 is 34.5. The third-order valence-corrected chi connectivity index (χ3v) is 13.6. The van der Waals surface area contributed by atoms with Crippen molar-refractivity contribution in [1.82, 2.24) is 0 Å². The fraction of sp³-hybridized carbons (Fsp3) is 0.963. The van der Waals surface area contributed by atoms with Crippen molar-refractivity contribution in [2.45, 2.75) is 290 Å². The van der Waals surface area contributed by atoms with E-state index in [0.717, 1.165) is 38.5 Å². The fourth-order valence-corrected chi connectivity index (χ4v) is 9.05. The van der Waals surface area contributed by atoms with Crippen LogP contribution in [0.2, 0.25) is 0 Å². The first-order chi connectivity index (χ1) is 31.0. The number of esters is 2. The van der Waals surface area contributed by atoms with E-state index in [1.54, 1.807) is 0 Å². The number of ether oxygens (including phenoxy) is 2. The van der Waals surface area contributed by atoms with Crippen LogP contribution >= 0.6 is 7.82 Å². The van der Waals surface area contributed by atoms with Gasteiger partial charge in [-0.05, 0) is 12.8 Å². The van der Waals surface area contributed by atoms with Crippen LogP contribution in [0.25, 0.3) is 0 Å². The molecule has 0 aliphatic carbocycles. The second-order valence-electron chi connectivity index (χ2n) is 20.3. The fourth-order valence-electron chi connectivity index (χ4n) is 8.31. The third-order valence-electron chi connectivity index (χ3n) is 12.6. The predicted molar refractivity (Wildman–Crippen MR) is 271 cm³/mol. The van der Waals surface area contributed by atoms with E-state index in [4.69, 9.17) is 18.5 Å². The molecule has 2 unspecified atom stereocenters. The molecule has 0 saturated heterocycles. The van der Waals surface area contributed by atoms with E-state index < -0.39 is 26.5 Å². The summed E-state index contributed by atoms with van der Waals surface area (Å²) in [7, 11) is 1.50. The van der Waals surface area contributed by atoms with Crippen LogP contribution in [-0.4, -0.2) is 74.9 Å². The molecule has 0 radical (unpaired) electrons. The highest BCUT2D eigenvalue weighted by Crippen LogP contribution is 2.43. The van der Waals surface area contributed by atoms with Crippen molar-refractivity contribution >= 4 is 19.8 Å². The predicted octanol–water partition coefficient (Wildman–Crippen LogP) is 16.7. The average Bonchev–Trinajstić information content (AvgIpc) is 3.25. The van der Waals surface area contributed by atoms with Gasteiger partial charge in [-0.25, -0.2) is 4.57 Å². The third kappa shape index (κ3) is 50.4. The number of hydrogen-bond donors (Lipinski definition) is 1. The molecule has 0 fully saturated rings. The number of nitrogens with zero attached hydrogens (tertiary/aromatic N) is 1. The number of phosphoric acid groups is 1. The zero-order valence-electron chi connectivity index (χ0n) is 43.3. The summed E-state index contributed by atoms with van der Waals surface area (Å²) in [4.78, 5) is 35.6. The van der Waals surface area contributed by atoms with Crippen molar-refractivity contribution in [3.8, 4) is 0 Å². The van der Waals surface area contributed by atoms with Gasteiger partial charge in [-0.3, -0.25) is 18.6 Å². The molecule has 2 atom stereocenters. The summed E-state index contributed by atoms with van der Waals surface area (Å²) in [5.74, 6) is -0.776. The standard InChI is InChI=1S/C54H108NO8P/c1-6-8-10-12-14-16-18-20-22-23-24-25-26-27-28-29-30-31-32-33-35-37-39-41-43-45-47-54(57)63-52(51-62-64(58,59)61-49-48-55(3,4)5)50-60-53(56)46-44-42-40-38-36-34-21-19-17-15-13-11-9-7-2/h52H,6-51H2,1-5H3/p+1. The number of carbonyl (C=O) groups excluding carboxylic acids is 2. The number of hydrogen-bond acceptors (Lipinski definition) is 7. The highest BCUT2D eigenvalue weighted by molar-refractivity contribution is 7.47. The number of carbonyl (C=O) groups is 2. The average molecular weight is 931 g/mol. The summed E-state index contributed by atoms with van der Waals surface area (Å²) in [6.45, 7) is 4.49. The van der Waals surface area contributed by atoms with Crippen molar-refractivity contribution in [3.63, 3.8) is 0 Å². The zero-order chi connectivity index (χ0) is 47.1. The number of rotatable bonds is 52. The Morgan fingerprint density at radius 2 is 0.703 bits per heavy atom. The van der Waals surface area contributed by atoms with Crippen LogP contribution in [0.3, 0.4) is 0 Å². The molecule has 0 saturated carbocycles. The van der Waals surface area contributed by atoms with Gasteiger partial charge in [0, 0.05) is 12.8 Å². The maximum absolute atomic E-state index is 12.8. The Balaban J connectivity index is 4.07. The molecule has 10 heteroatoms. The molecule has 0 aromatic heterocycles. The Labute approximate surface area is 397 Å². The van der Waals surface area contributed by atoms with Gasteiger partial charge >= 0.3 is 19.8 Å². The van der Waals surface area contributed by atoms with Gasteiger partial charge in [-0.15, -0.1) is 0 Å². The van der Waals surface area contributed by atoms with Crippen LogP contribution in [-0.2, 0) is 32.7 Å². The Morgan fingerprint density at radius 3 is 1.00 bits per heavy atom. The molecule has 0 spiro atoms. The first-order valence-electron chi connectivity index (χ1n) is 27.8. The topological polar surface area (TPSA) is 108 Å². The van der Waals surface area contributed by atoms with Gasteiger partial charge in [0.05, 0.1) is 27.7 Å². The lowest BCUT2D eigenvalue weighted by atomic mass is 10.0. The molecule has 0 aromatic rings. The molecule has 0 amide bonds. The van der Waals surface area contributed by atoms with Gasteiger partial charge in [-0.2, -0.15) is 0 Å². The van der Waals surface area contributed by atoms with E-state index in [1.807, 2.05) is 21.1 Å². The quantitative estimate of drug-likeness (QED) is 0.0278. The van der Waals surface area contributed by atoms with Crippen LogP contribution in [0.4, 0.5) is 0 Å². The van der Waals surface area contributed by atoms with Crippen LogP contribution in [0.5, 0.6) is 0 Å². The molecule has 0 heterocycles. The molecule has 1 N–H and O–H groups in total. The lowest BCUT2D eigenvalue weighted by Gasteiger charge is -2.24. The minimum Gasteiger partial charge on any atom is -0.462 e. The number of phosphoric ester groups is 1. The highest BCUT2D eigenvalue weighted by atomic mass is 31.2. The van der Waals surface area contributed by atoms with Gasteiger partial charge in [0.15, 0.2) is 6.10 Å². The Kier molecular flexibility index (Phi) is 46.4. The van der Waals surface area contributed by atoms with E-state index >= 15 is 0 Å². The molecule has 0 bridgehead atoms. The molecule has 64 heavy (non-hydrogen) atoms. The lowest BCUT2D eigenvalue weighted by molar-refractivity contribution is -0.870. The molecule has 0 aliphatic rings. The summed E-state index contributed by atoms with van der Waals surface area (Å²) in [6, 6.07) is 0. The summed E-state index contributed by atoms with van der Waals surface area (Å²) in [5, 5.41) is 0. The number of unbranched alkanes of at least 4 members (excludes halogenated alkanes) is 38. The Hall–Kier alpha value is -0.990. The molecular weight excluding hydrogens is 822 g/mol. The van der Waals surface area contributed by atoms with E-state index in [9.17, 15) is 19.0 Å². The molecule has 0 aliphatic heterocycles. The Bertz CT molecular complexity index is 1050. The molecule has 0 aromatic carbocycles. The van der Waals surface area contributed by atoms with Gasteiger partial charge < -0.3 is 18.9 Å². The maximum atomic E-state index is 12.8. The zero-order valence-corrected chi connectivity index (χ0v) is 44.2.